The smallest absolute Gasteiger partial charge is 0.0187 e. The largest absolute Gasteiger partial charge is 0.0933 e. The van der Waals surface area contributed by atoms with Gasteiger partial charge in [-0.3, -0.25) is 0 Å². The summed E-state index contributed by atoms with van der Waals surface area (Å²) in [5.41, 5.74) is 1.52. The number of halogens is 2. The van der Waals surface area contributed by atoms with Gasteiger partial charge in [0.05, 0.1) is 0 Å². The maximum Gasteiger partial charge on any atom is 0.0187 e. The van der Waals surface area contributed by atoms with E-state index in [9.17, 15) is 0 Å². The van der Waals surface area contributed by atoms with Crippen molar-refractivity contribution in [2.24, 2.45) is 0 Å². The number of alkyl halides is 1. The third kappa shape index (κ3) is 4.76. The zero-order valence-electron chi connectivity index (χ0n) is 2.62. The molecule has 0 fully saturated rings. The number of allylic oxidation sites excluding steroid dienone is 1. The van der Waals surface area contributed by atoms with Crippen molar-refractivity contribution in [1.82, 2.24) is 0 Å². The van der Waals surface area contributed by atoms with E-state index in [2.05, 4.69) is 22.6 Å². The van der Waals surface area contributed by atoms with Gasteiger partial charge in [0.2, 0.25) is 0 Å². The van der Waals surface area contributed by atoms with E-state index in [1.807, 2.05) is 6.08 Å². The Labute approximate surface area is 50.3 Å². The Morgan fingerprint density at radius 2 is 2.40 bits per heavy atom. The van der Waals surface area contributed by atoms with Gasteiger partial charge in [0.15, 0.2) is 0 Å². The molecule has 0 bridgehead atoms. The van der Waals surface area contributed by atoms with Gasteiger partial charge in [-0.15, -0.1) is 0 Å². The third-order valence-corrected chi connectivity index (χ3v) is 0.865. The van der Waals surface area contributed by atoms with Gasteiger partial charge in [-0.25, -0.2) is 0 Å². The first-order valence-electron chi connectivity index (χ1n) is 1.23. The average Bonchev–Trinajstić information content (AvgIpc) is 1.41. The number of hydrogen-bond acceptors (Lipinski definition) is 0. The molecule has 0 aromatic rings. The van der Waals surface area contributed by atoms with Crippen LogP contribution in [0.5, 0.6) is 0 Å². The normalized spacial score (nSPS) is 10.0. The molecule has 0 aliphatic heterocycles. The van der Waals surface area contributed by atoms with E-state index in [4.69, 9.17) is 11.6 Å². The molecular formula is C3H4ClI. The molecule has 0 saturated carbocycles. The second-order valence-corrected chi connectivity index (χ2v) is 1.65. The lowest BCUT2D eigenvalue weighted by molar-refractivity contribution is 1.88. The Balaban J connectivity index is 2.62. The number of rotatable bonds is 1. The van der Waals surface area contributed by atoms with Crippen LogP contribution in [0.1, 0.15) is 0 Å². The second-order valence-electron chi connectivity index (χ2n) is 0.516. The summed E-state index contributed by atoms with van der Waals surface area (Å²) >= 11 is 7.33. The van der Waals surface area contributed by atoms with Gasteiger partial charge < -0.3 is 0 Å². The van der Waals surface area contributed by atoms with Crippen LogP contribution >= 0.6 is 34.2 Å². The molecule has 0 aliphatic rings. The molecule has 30 valence electrons. The van der Waals surface area contributed by atoms with E-state index in [0.717, 1.165) is 4.43 Å². The summed E-state index contributed by atoms with van der Waals surface area (Å²) in [5.74, 6) is 0. The molecule has 0 rings (SSSR count). The molecule has 0 amide bonds. The molecule has 0 saturated heterocycles. The van der Waals surface area contributed by atoms with Crippen molar-refractivity contribution in [1.29, 1.82) is 0 Å². The van der Waals surface area contributed by atoms with Crippen LogP contribution in [0.25, 0.3) is 0 Å². The van der Waals surface area contributed by atoms with Crippen molar-refractivity contribution < 1.29 is 0 Å². The summed E-state index contributed by atoms with van der Waals surface area (Å²) in [6, 6.07) is 0. The first-order chi connectivity index (χ1) is 2.41. The summed E-state index contributed by atoms with van der Waals surface area (Å²) < 4.78 is 1.00. The van der Waals surface area contributed by atoms with Gasteiger partial charge in [-0.1, -0.05) is 40.3 Å². The highest BCUT2D eigenvalue weighted by Crippen LogP contribution is 1.83. The Morgan fingerprint density at radius 3 is 2.40 bits per heavy atom. The van der Waals surface area contributed by atoms with E-state index in [1.54, 1.807) is 0 Å². The standard InChI is InChI=1S/C3H4ClI/c4-2-1-3-5/h1-2H,3H2. The minimum atomic E-state index is 1.00. The molecule has 2 heteroatoms. The highest BCUT2D eigenvalue weighted by molar-refractivity contribution is 14.1. The fourth-order valence-corrected chi connectivity index (χ4v) is 0.678. The monoisotopic (exact) mass is 202 g/mol. The molecule has 0 aliphatic carbocycles. The van der Waals surface area contributed by atoms with Gasteiger partial charge in [0.1, 0.15) is 0 Å². The van der Waals surface area contributed by atoms with Crippen LogP contribution < -0.4 is 0 Å². The molecule has 0 nitrogen and oxygen atoms in total. The van der Waals surface area contributed by atoms with Gasteiger partial charge in [-0.2, -0.15) is 0 Å². The predicted molar refractivity (Wildman–Crippen MR) is 33.9 cm³/mol. The van der Waals surface area contributed by atoms with Gasteiger partial charge in [-0.05, 0) is 0 Å². The minimum Gasteiger partial charge on any atom is -0.0933 e. The Bertz CT molecular complexity index is 33.9. The Kier molecular flexibility index (Phi) is 5.48. The van der Waals surface area contributed by atoms with Gasteiger partial charge >= 0.3 is 0 Å². The van der Waals surface area contributed by atoms with Crippen molar-refractivity contribution in [3.8, 4) is 0 Å². The topological polar surface area (TPSA) is 0 Å². The number of hydrogen-bond donors (Lipinski definition) is 0. The zero-order chi connectivity index (χ0) is 4.12. The zero-order valence-corrected chi connectivity index (χ0v) is 5.53. The Morgan fingerprint density at radius 1 is 1.80 bits per heavy atom. The van der Waals surface area contributed by atoms with E-state index in [-0.39, 0.29) is 0 Å². The van der Waals surface area contributed by atoms with Crippen molar-refractivity contribution in [2.75, 3.05) is 4.43 Å². The third-order valence-electron chi connectivity index (χ3n) is 0.178. The molecule has 0 heterocycles. The van der Waals surface area contributed by atoms with E-state index in [0.29, 0.717) is 0 Å². The molecule has 0 N–H and O–H groups in total. The summed E-state index contributed by atoms with van der Waals surface area (Å²) in [7, 11) is 0. The lowest BCUT2D eigenvalue weighted by Gasteiger charge is -1.61. The minimum absolute atomic E-state index is 1.00. The molecular weight excluding hydrogens is 198 g/mol. The first kappa shape index (κ1) is 5.76. The van der Waals surface area contributed by atoms with Crippen molar-refractivity contribution in [3.63, 3.8) is 0 Å². The van der Waals surface area contributed by atoms with Crippen LogP contribution in [0.4, 0.5) is 0 Å². The summed E-state index contributed by atoms with van der Waals surface area (Å²) in [4.78, 5) is 0. The van der Waals surface area contributed by atoms with Crippen molar-refractivity contribution in [3.05, 3.63) is 11.6 Å². The van der Waals surface area contributed by atoms with Crippen LogP contribution in [0.3, 0.4) is 0 Å². The van der Waals surface area contributed by atoms with Crippen molar-refractivity contribution >= 4 is 34.2 Å². The van der Waals surface area contributed by atoms with Crippen molar-refractivity contribution in [2.45, 2.75) is 0 Å². The quantitative estimate of drug-likeness (QED) is 0.452. The van der Waals surface area contributed by atoms with E-state index in [1.165, 1.54) is 5.54 Å². The van der Waals surface area contributed by atoms with Crippen LogP contribution in [0, 0.1) is 0 Å². The molecule has 0 unspecified atom stereocenters. The lowest BCUT2D eigenvalue weighted by atomic mass is 10.8. The van der Waals surface area contributed by atoms with E-state index < -0.39 is 0 Å². The van der Waals surface area contributed by atoms with Crippen LogP contribution in [-0.2, 0) is 0 Å². The maximum atomic E-state index is 5.12. The van der Waals surface area contributed by atoms with Crippen LogP contribution in [-0.4, -0.2) is 4.43 Å². The van der Waals surface area contributed by atoms with Crippen LogP contribution in [0.15, 0.2) is 11.6 Å². The fourth-order valence-electron chi connectivity index (χ4n) is 0.0337. The summed E-state index contributed by atoms with van der Waals surface area (Å²) in [5, 5.41) is 0. The second kappa shape index (κ2) is 4.76. The first-order valence-corrected chi connectivity index (χ1v) is 3.19. The molecule has 0 atom stereocenters. The van der Waals surface area contributed by atoms with Gasteiger partial charge in [0.25, 0.3) is 0 Å². The molecule has 0 aromatic heterocycles. The Hall–Kier alpha value is 0.760. The molecule has 0 spiro atoms. The summed E-state index contributed by atoms with van der Waals surface area (Å²) in [6.07, 6.45) is 1.88. The SMILES string of the molecule is ClC=CCI. The predicted octanol–water partition coefficient (Wildman–Crippen LogP) is 2.17. The lowest BCUT2D eigenvalue weighted by Crippen LogP contribution is -1.47. The molecule has 5 heavy (non-hydrogen) atoms. The fraction of sp³-hybridized carbons (Fsp3) is 0.333. The van der Waals surface area contributed by atoms with Gasteiger partial charge in [0, 0.05) is 9.96 Å². The maximum absolute atomic E-state index is 5.12. The molecule has 0 radical (unpaired) electrons. The highest BCUT2D eigenvalue weighted by atomic mass is 127. The van der Waals surface area contributed by atoms with E-state index >= 15 is 0 Å². The highest BCUT2D eigenvalue weighted by Gasteiger charge is 1.55. The van der Waals surface area contributed by atoms with Crippen LogP contribution in [0.2, 0.25) is 0 Å². The average molecular weight is 202 g/mol. The molecule has 0 aromatic carbocycles. The summed E-state index contributed by atoms with van der Waals surface area (Å²) in [6.45, 7) is 0.